The molecule has 0 aliphatic carbocycles. The van der Waals surface area contributed by atoms with Crippen LogP contribution in [-0.4, -0.2) is 9.91 Å². The Balaban J connectivity index is 2.57. The van der Waals surface area contributed by atoms with Gasteiger partial charge >= 0.3 is 5.82 Å². The maximum Gasteiger partial charge on any atom is 0.364 e. The van der Waals surface area contributed by atoms with Gasteiger partial charge in [0.05, 0.1) is 11.6 Å². The van der Waals surface area contributed by atoms with E-state index in [0.29, 0.717) is 5.56 Å². The zero-order chi connectivity index (χ0) is 12.3. The highest BCUT2D eigenvalue weighted by atomic mass is 16.6. The van der Waals surface area contributed by atoms with Crippen LogP contribution < -0.4 is 0 Å². The second kappa shape index (κ2) is 4.41. The van der Waals surface area contributed by atoms with Crippen molar-refractivity contribution in [3.63, 3.8) is 0 Å². The van der Waals surface area contributed by atoms with Gasteiger partial charge in [-0.3, -0.25) is 0 Å². The molecule has 0 saturated carbocycles. The van der Waals surface area contributed by atoms with Gasteiger partial charge in [-0.05, 0) is 15.5 Å². The summed E-state index contributed by atoms with van der Waals surface area (Å²) < 4.78 is 0. The number of nitrogens with zero attached hydrogens (tertiary/aromatic N) is 3. The molecule has 82 valence electrons. The summed E-state index contributed by atoms with van der Waals surface area (Å²) in [6.07, 6.45) is 1.35. The van der Waals surface area contributed by atoms with Gasteiger partial charge in [-0.2, -0.15) is 5.26 Å². The molecule has 1 heterocycles. The van der Waals surface area contributed by atoms with E-state index in [9.17, 15) is 10.1 Å². The lowest BCUT2D eigenvalue weighted by atomic mass is 10.0. The van der Waals surface area contributed by atoms with Crippen LogP contribution >= 0.6 is 0 Å². The Morgan fingerprint density at radius 2 is 2.00 bits per heavy atom. The molecule has 0 amide bonds. The molecule has 5 nitrogen and oxygen atoms in total. The lowest BCUT2D eigenvalue weighted by Gasteiger charge is -2.01. The van der Waals surface area contributed by atoms with Gasteiger partial charge in [-0.1, -0.05) is 30.3 Å². The quantitative estimate of drug-likeness (QED) is 0.581. The monoisotopic (exact) mass is 225 g/mol. The van der Waals surface area contributed by atoms with E-state index in [1.165, 1.54) is 12.3 Å². The standard InChI is InChI=1S/C12H7N3O2/c13-7-10-6-12(15(16)17)14-8-11(10)9-4-2-1-3-5-9/h1-6,8H. The first-order valence-corrected chi connectivity index (χ1v) is 4.82. The number of pyridine rings is 1. The highest BCUT2D eigenvalue weighted by Gasteiger charge is 2.13. The molecule has 0 fully saturated rings. The third kappa shape index (κ3) is 2.11. The molecule has 0 aliphatic heterocycles. The van der Waals surface area contributed by atoms with E-state index in [1.54, 1.807) is 0 Å². The highest BCUT2D eigenvalue weighted by Crippen LogP contribution is 2.24. The fraction of sp³-hybridized carbons (Fsp3) is 0. The Labute approximate surface area is 97.1 Å². The van der Waals surface area contributed by atoms with E-state index in [4.69, 9.17) is 5.26 Å². The van der Waals surface area contributed by atoms with E-state index >= 15 is 0 Å². The van der Waals surface area contributed by atoms with Crippen LogP contribution in [0.3, 0.4) is 0 Å². The summed E-state index contributed by atoms with van der Waals surface area (Å²) in [4.78, 5) is 13.6. The van der Waals surface area contributed by atoms with Gasteiger partial charge in [0.2, 0.25) is 0 Å². The van der Waals surface area contributed by atoms with Crippen LogP contribution in [-0.2, 0) is 0 Å². The predicted molar refractivity (Wildman–Crippen MR) is 61.0 cm³/mol. The van der Waals surface area contributed by atoms with Gasteiger partial charge in [0, 0.05) is 5.56 Å². The molecular formula is C12H7N3O2. The Hall–Kier alpha value is -2.74. The second-order valence-corrected chi connectivity index (χ2v) is 3.32. The largest absolute Gasteiger partial charge is 0.364 e. The van der Waals surface area contributed by atoms with E-state index in [0.717, 1.165) is 5.56 Å². The molecule has 0 bridgehead atoms. The lowest BCUT2D eigenvalue weighted by Crippen LogP contribution is -1.94. The molecule has 1 aromatic carbocycles. The second-order valence-electron chi connectivity index (χ2n) is 3.32. The summed E-state index contributed by atoms with van der Waals surface area (Å²) >= 11 is 0. The van der Waals surface area contributed by atoms with Crippen LogP contribution in [0.1, 0.15) is 5.56 Å². The third-order valence-corrected chi connectivity index (χ3v) is 2.28. The Morgan fingerprint density at radius 3 is 2.59 bits per heavy atom. The average molecular weight is 225 g/mol. The maximum atomic E-state index is 10.6. The number of nitro groups is 1. The van der Waals surface area contributed by atoms with E-state index in [-0.39, 0.29) is 11.4 Å². The lowest BCUT2D eigenvalue weighted by molar-refractivity contribution is -0.389. The zero-order valence-corrected chi connectivity index (χ0v) is 8.70. The highest BCUT2D eigenvalue weighted by molar-refractivity contribution is 5.70. The summed E-state index contributed by atoms with van der Waals surface area (Å²) in [6, 6.07) is 12.3. The molecule has 0 spiro atoms. The van der Waals surface area contributed by atoms with Crippen LogP contribution in [0.15, 0.2) is 42.6 Å². The average Bonchev–Trinajstić information content (AvgIpc) is 2.39. The number of rotatable bonds is 2. The fourth-order valence-corrected chi connectivity index (χ4v) is 1.48. The molecule has 0 aliphatic rings. The van der Waals surface area contributed by atoms with Gasteiger partial charge in [0.1, 0.15) is 12.3 Å². The molecular weight excluding hydrogens is 218 g/mol. The minimum atomic E-state index is -0.615. The van der Waals surface area contributed by atoms with Crippen molar-refractivity contribution < 1.29 is 4.92 Å². The SMILES string of the molecule is N#Cc1cc([N+](=O)[O-])ncc1-c1ccccc1. The zero-order valence-electron chi connectivity index (χ0n) is 8.70. The van der Waals surface area contributed by atoms with Crippen LogP contribution in [0.4, 0.5) is 5.82 Å². The Bertz CT molecular complexity index is 603. The number of aromatic nitrogens is 1. The molecule has 0 unspecified atom stereocenters. The van der Waals surface area contributed by atoms with Gasteiger partial charge < -0.3 is 10.1 Å². The van der Waals surface area contributed by atoms with Crippen molar-refractivity contribution in [1.82, 2.24) is 4.98 Å². The van der Waals surface area contributed by atoms with E-state index in [2.05, 4.69) is 4.98 Å². The molecule has 0 saturated heterocycles. The summed E-state index contributed by atoms with van der Waals surface area (Å²) in [5.74, 6) is -0.318. The number of hydrogen-bond donors (Lipinski definition) is 0. The van der Waals surface area contributed by atoms with Crippen molar-refractivity contribution in [1.29, 1.82) is 5.26 Å². The third-order valence-electron chi connectivity index (χ3n) is 2.28. The molecule has 0 atom stereocenters. The topological polar surface area (TPSA) is 79.8 Å². The van der Waals surface area contributed by atoms with Gasteiger partial charge in [0.15, 0.2) is 0 Å². The summed E-state index contributed by atoms with van der Waals surface area (Å²) in [5, 5.41) is 19.5. The minimum Gasteiger partial charge on any atom is -0.358 e. The molecule has 0 radical (unpaired) electrons. The van der Waals surface area contributed by atoms with Crippen molar-refractivity contribution in [2.75, 3.05) is 0 Å². The number of hydrogen-bond acceptors (Lipinski definition) is 4. The first kappa shape index (κ1) is 10.8. The summed E-state index contributed by atoms with van der Waals surface area (Å²) in [5.41, 5.74) is 1.66. The van der Waals surface area contributed by atoms with Crippen molar-refractivity contribution in [2.24, 2.45) is 0 Å². The molecule has 0 N–H and O–H groups in total. The van der Waals surface area contributed by atoms with Crippen molar-refractivity contribution >= 4 is 5.82 Å². The van der Waals surface area contributed by atoms with Crippen molar-refractivity contribution in [3.8, 4) is 17.2 Å². The van der Waals surface area contributed by atoms with Crippen LogP contribution in [0.2, 0.25) is 0 Å². The minimum absolute atomic E-state index is 0.248. The van der Waals surface area contributed by atoms with Crippen LogP contribution in [0.25, 0.3) is 11.1 Å². The predicted octanol–water partition coefficient (Wildman–Crippen LogP) is 2.53. The normalized spacial score (nSPS) is 9.59. The van der Waals surface area contributed by atoms with Crippen LogP contribution in [0, 0.1) is 21.4 Å². The smallest absolute Gasteiger partial charge is 0.358 e. The number of benzene rings is 1. The molecule has 17 heavy (non-hydrogen) atoms. The van der Waals surface area contributed by atoms with Gasteiger partial charge in [-0.25, -0.2) is 0 Å². The summed E-state index contributed by atoms with van der Waals surface area (Å²) in [7, 11) is 0. The first-order chi connectivity index (χ1) is 8.22. The fourth-order valence-electron chi connectivity index (χ4n) is 1.48. The Morgan fingerprint density at radius 1 is 1.29 bits per heavy atom. The van der Waals surface area contributed by atoms with Gasteiger partial charge in [0.25, 0.3) is 0 Å². The van der Waals surface area contributed by atoms with E-state index in [1.807, 2.05) is 36.4 Å². The van der Waals surface area contributed by atoms with E-state index < -0.39 is 4.92 Å². The van der Waals surface area contributed by atoms with Crippen molar-refractivity contribution in [2.45, 2.75) is 0 Å². The molecule has 2 rings (SSSR count). The Kier molecular flexibility index (Phi) is 2.79. The molecule has 1 aromatic heterocycles. The summed E-state index contributed by atoms with van der Waals surface area (Å²) in [6.45, 7) is 0. The molecule has 2 aromatic rings. The maximum absolute atomic E-state index is 10.6. The van der Waals surface area contributed by atoms with Gasteiger partial charge in [-0.15, -0.1) is 0 Å². The first-order valence-electron chi connectivity index (χ1n) is 4.82. The van der Waals surface area contributed by atoms with Crippen LogP contribution in [0.5, 0.6) is 0 Å². The van der Waals surface area contributed by atoms with Crippen molar-refractivity contribution in [3.05, 3.63) is 58.3 Å². The molecule has 5 heteroatoms. The number of nitriles is 1.